The van der Waals surface area contributed by atoms with Crippen molar-refractivity contribution in [1.82, 2.24) is 19.9 Å². The lowest BCUT2D eigenvalue weighted by Crippen LogP contribution is -2.45. The second kappa shape index (κ2) is 11.1. The SMILES string of the molecule is O=C(Nc1ccncc1)Nc1ccc(-c2nc(N3CC4CCC(C3)O4)nc(N3[C@H](CO)CC[C@@H]3CO)n2)cc1. The van der Waals surface area contributed by atoms with E-state index < -0.39 is 0 Å². The zero-order valence-electron chi connectivity index (χ0n) is 21.5. The number of anilines is 4. The van der Waals surface area contributed by atoms with Gasteiger partial charge < -0.3 is 35.4 Å². The molecule has 3 aliphatic rings. The number of amides is 2. The zero-order valence-corrected chi connectivity index (χ0v) is 21.5. The van der Waals surface area contributed by atoms with E-state index in [4.69, 9.17) is 19.7 Å². The molecule has 3 aliphatic heterocycles. The monoisotopic (exact) mass is 532 g/mol. The van der Waals surface area contributed by atoms with Gasteiger partial charge in [-0.25, -0.2) is 4.79 Å². The van der Waals surface area contributed by atoms with Gasteiger partial charge in [-0.1, -0.05) is 0 Å². The van der Waals surface area contributed by atoms with Crippen molar-refractivity contribution < 1.29 is 19.7 Å². The van der Waals surface area contributed by atoms with Crippen LogP contribution in [0, 0.1) is 0 Å². The molecule has 12 heteroatoms. The summed E-state index contributed by atoms with van der Waals surface area (Å²) >= 11 is 0. The highest BCUT2D eigenvalue weighted by molar-refractivity contribution is 5.99. The second-order valence-corrected chi connectivity index (χ2v) is 10.2. The highest BCUT2D eigenvalue weighted by Crippen LogP contribution is 2.33. The van der Waals surface area contributed by atoms with Crippen LogP contribution in [0.15, 0.2) is 48.8 Å². The molecule has 0 radical (unpaired) electrons. The van der Waals surface area contributed by atoms with Crippen molar-refractivity contribution in [1.29, 1.82) is 0 Å². The third-order valence-corrected chi connectivity index (χ3v) is 7.55. The largest absolute Gasteiger partial charge is 0.394 e. The van der Waals surface area contributed by atoms with E-state index in [1.54, 1.807) is 36.7 Å². The molecule has 2 bridgehead atoms. The number of morpholine rings is 1. The van der Waals surface area contributed by atoms with Crippen LogP contribution in [0.1, 0.15) is 25.7 Å². The van der Waals surface area contributed by atoms with Crippen LogP contribution in [0.2, 0.25) is 0 Å². The molecule has 39 heavy (non-hydrogen) atoms. The summed E-state index contributed by atoms with van der Waals surface area (Å²) in [6, 6.07) is 10.0. The van der Waals surface area contributed by atoms with E-state index in [0.717, 1.165) is 31.2 Å². The van der Waals surface area contributed by atoms with Gasteiger partial charge in [0.2, 0.25) is 11.9 Å². The highest BCUT2D eigenvalue weighted by Gasteiger charge is 2.38. The maximum absolute atomic E-state index is 12.4. The number of urea groups is 1. The lowest BCUT2D eigenvalue weighted by atomic mass is 10.2. The predicted molar refractivity (Wildman–Crippen MR) is 146 cm³/mol. The average Bonchev–Trinajstić information content (AvgIpc) is 3.55. The van der Waals surface area contributed by atoms with Gasteiger partial charge >= 0.3 is 6.03 Å². The molecule has 2 aromatic heterocycles. The standard InChI is InChI=1S/C27H32N8O4/c36-15-20-5-6-21(16-37)35(20)26-32-24(31-25(33-26)34-13-22-7-8-23(14-34)39-22)17-1-3-18(4-2-17)29-27(38)30-19-9-11-28-12-10-19/h1-4,9-12,20-23,36-37H,5-8,13-16H2,(H2,28,29,30,38)/t20-,21+,22?,23?. The van der Waals surface area contributed by atoms with Crippen LogP contribution in [0.4, 0.5) is 28.1 Å². The molecular formula is C27H32N8O4. The zero-order chi connectivity index (χ0) is 26.8. The molecule has 4 atom stereocenters. The third kappa shape index (κ3) is 5.49. The summed E-state index contributed by atoms with van der Waals surface area (Å²) < 4.78 is 6.01. The quantitative estimate of drug-likeness (QED) is 0.357. The molecule has 6 rings (SSSR count). The van der Waals surface area contributed by atoms with E-state index in [1.807, 2.05) is 17.0 Å². The van der Waals surface area contributed by atoms with Gasteiger partial charge in [-0.2, -0.15) is 15.0 Å². The average molecular weight is 533 g/mol. The Labute approximate surface area is 226 Å². The van der Waals surface area contributed by atoms with E-state index in [-0.39, 0.29) is 43.5 Å². The summed E-state index contributed by atoms with van der Waals surface area (Å²) in [5, 5.41) is 25.6. The molecule has 0 aliphatic carbocycles. The number of carbonyl (C=O) groups excluding carboxylic acids is 1. The number of nitrogens with one attached hydrogen (secondary N) is 2. The number of rotatable bonds is 7. The number of hydrogen-bond donors (Lipinski definition) is 4. The van der Waals surface area contributed by atoms with Gasteiger partial charge in [0.25, 0.3) is 0 Å². The molecule has 3 fully saturated rings. The lowest BCUT2D eigenvalue weighted by Gasteiger charge is -2.33. The van der Waals surface area contributed by atoms with E-state index in [1.165, 1.54) is 0 Å². The van der Waals surface area contributed by atoms with E-state index in [2.05, 4.69) is 20.5 Å². The molecule has 2 amide bonds. The number of ether oxygens (including phenoxy) is 1. The molecule has 2 unspecified atom stereocenters. The number of hydrogen-bond acceptors (Lipinski definition) is 10. The van der Waals surface area contributed by atoms with Crippen molar-refractivity contribution in [3.63, 3.8) is 0 Å². The van der Waals surface area contributed by atoms with Crippen molar-refractivity contribution >= 4 is 29.3 Å². The third-order valence-electron chi connectivity index (χ3n) is 7.55. The smallest absolute Gasteiger partial charge is 0.323 e. The molecule has 0 spiro atoms. The number of fused-ring (bicyclic) bond motifs is 2. The molecule has 204 valence electrons. The van der Waals surface area contributed by atoms with Crippen molar-refractivity contribution in [3.05, 3.63) is 48.8 Å². The summed E-state index contributed by atoms with van der Waals surface area (Å²) in [5.74, 6) is 1.50. The van der Waals surface area contributed by atoms with Gasteiger partial charge in [0.15, 0.2) is 5.82 Å². The number of pyridine rings is 1. The Bertz CT molecular complexity index is 1270. The second-order valence-electron chi connectivity index (χ2n) is 10.2. The first-order valence-corrected chi connectivity index (χ1v) is 13.3. The Balaban J connectivity index is 1.28. The van der Waals surface area contributed by atoms with Gasteiger partial charge in [0, 0.05) is 42.4 Å². The van der Waals surface area contributed by atoms with Gasteiger partial charge in [0.1, 0.15) is 0 Å². The van der Waals surface area contributed by atoms with Crippen LogP contribution in [-0.4, -0.2) is 86.8 Å². The van der Waals surface area contributed by atoms with Crippen LogP contribution >= 0.6 is 0 Å². The van der Waals surface area contributed by atoms with Crippen LogP contribution < -0.4 is 20.4 Å². The molecule has 4 N–H and O–H groups in total. The summed E-state index contributed by atoms with van der Waals surface area (Å²) in [4.78, 5) is 34.9. The normalized spacial score (nSPS) is 24.2. The van der Waals surface area contributed by atoms with E-state index >= 15 is 0 Å². The molecule has 0 saturated carbocycles. The van der Waals surface area contributed by atoms with Gasteiger partial charge in [-0.15, -0.1) is 0 Å². The summed E-state index contributed by atoms with van der Waals surface area (Å²) in [7, 11) is 0. The van der Waals surface area contributed by atoms with Crippen molar-refractivity contribution in [2.45, 2.75) is 50.0 Å². The minimum atomic E-state index is -0.361. The summed E-state index contributed by atoms with van der Waals surface area (Å²) in [6.45, 7) is 1.33. The number of benzene rings is 1. The minimum Gasteiger partial charge on any atom is -0.394 e. The van der Waals surface area contributed by atoms with Crippen LogP contribution in [0.3, 0.4) is 0 Å². The van der Waals surface area contributed by atoms with Gasteiger partial charge in [0.05, 0.1) is 37.5 Å². The lowest BCUT2D eigenvalue weighted by molar-refractivity contribution is 0.0299. The number of aliphatic hydroxyl groups is 2. The topological polar surface area (TPSA) is 149 Å². The molecule has 5 heterocycles. The molecule has 1 aromatic carbocycles. The fourth-order valence-corrected chi connectivity index (χ4v) is 5.60. The van der Waals surface area contributed by atoms with Crippen LogP contribution in [0.5, 0.6) is 0 Å². The van der Waals surface area contributed by atoms with Crippen molar-refractivity contribution in [2.75, 3.05) is 46.7 Å². The van der Waals surface area contributed by atoms with Crippen LogP contribution in [0.25, 0.3) is 11.4 Å². The molecule has 3 saturated heterocycles. The van der Waals surface area contributed by atoms with Crippen LogP contribution in [-0.2, 0) is 4.74 Å². The Morgan fingerprint density at radius 2 is 1.41 bits per heavy atom. The number of aromatic nitrogens is 4. The Morgan fingerprint density at radius 3 is 2.03 bits per heavy atom. The van der Waals surface area contributed by atoms with Crippen molar-refractivity contribution in [2.24, 2.45) is 0 Å². The maximum atomic E-state index is 12.4. The first kappa shape index (κ1) is 25.4. The predicted octanol–water partition coefficient (Wildman–Crippen LogP) is 2.27. The summed E-state index contributed by atoms with van der Waals surface area (Å²) in [6.07, 6.45) is 7.11. The van der Waals surface area contributed by atoms with Crippen molar-refractivity contribution in [3.8, 4) is 11.4 Å². The Kier molecular flexibility index (Phi) is 7.22. The number of aliphatic hydroxyl groups excluding tert-OH is 2. The molecule has 12 nitrogen and oxygen atoms in total. The molecule has 3 aromatic rings. The number of nitrogens with zero attached hydrogens (tertiary/aromatic N) is 6. The maximum Gasteiger partial charge on any atom is 0.323 e. The summed E-state index contributed by atoms with van der Waals surface area (Å²) in [5.41, 5.74) is 2.02. The van der Waals surface area contributed by atoms with Gasteiger partial charge in [-0.3, -0.25) is 4.98 Å². The first-order chi connectivity index (χ1) is 19.1. The minimum absolute atomic E-state index is 0.0452. The number of carbonyl (C=O) groups is 1. The fraction of sp³-hybridized carbons (Fsp3) is 0.444. The van der Waals surface area contributed by atoms with E-state index in [9.17, 15) is 15.0 Å². The highest BCUT2D eigenvalue weighted by atomic mass is 16.5. The molecular weight excluding hydrogens is 500 g/mol. The Morgan fingerprint density at radius 1 is 0.821 bits per heavy atom. The van der Waals surface area contributed by atoms with E-state index in [0.29, 0.717) is 42.2 Å². The van der Waals surface area contributed by atoms with Gasteiger partial charge in [-0.05, 0) is 62.1 Å². The Hall–Kier alpha value is -3.87. The fourth-order valence-electron chi connectivity index (χ4n) is 5.60. The first-order valence-electron chi connectivity index (χ1n) is 13.3.